The van der Waals surface area contributed by atoms with Gasteiger partial charge in [-0.05, 0) is 66.5 Å². The summed E-state index contributed by atoms with van der Waals surface area (Å²) in [6.45, 7) is 9.58. The largest absolute Gasteiger partial charge is 0.497 e. The minimum absolute atomic E-state index is 0.0573. The number of methoxy groups -OCH3 is 1. The quantitative estimate of drug-likeness (QED) is 0.240. The van der Waals surface area contributed by atoms with E-state index in [9.17, 15) is 22.8 Å². The Morgan fingerprint density at radius 3 is 2.51 bits per heavy atom. The van der Waals surface area contributed by atoms with Gasteiger partial charge in [-0.15, -0.1) is 6.58 Å². The first kappa shape index (κ1) is 34.2. The molecule has 1 aliphatic heterocycles. The lowest BCUT2D eigenvalue weighted by Crippen LogP contribution is -2.58. The molecule has 3 fully saturated rings. The molecule has 3 amide bonds. The van der Waals surface area contributed by atoms with E-state index in [-0.39, 0.29) is 25.3 Å². The molecule has 6 rings (SSSR count). The summed E-state index contributed by atoms with van der Waals surface area (Å²) in [6, 6.07) is 10.8. The lowest BCUT2D eigenvalue weighted by atomic mass is 9.85. The number of nitrogens with zero attached hydrogens (tertiary/aromatic N) is 3. The molecular formula is C35H42N6O7S. The maximum atomic E-state index is 14.5. The number of rotatable bonds is 12. The number of benzene rings is 1. The van der Waals surface area contributed by atoms with Crippen molar-refractivity contribution in [3.05, 3.63) is 67.5 Å². The Morgan fingerprint density at radius 2 is 1.88 bits per heavy atom. The van der Waals surface area contributed by atoms with Crippen LogP contribution in [0, 0.1) is 11.3 Å². The highest BCUT2D eigenvalue weighted by atomic mass is 32.2. The smallest absolute Gasteiger partial charge is 0.259 e. The number of ether oxygens (including phenoxy) is 2. The van der Waals surface area contributed by atoms with Crippen LogP contribution in [0.2, 0.25) is 0 Å². The molecule has 13 nitrogen and oxygen atoms in total. The number of hydrogen-bond donors (Lipinski definition) is 3. The van der Waals surface area contributed by atoms with Crippen LogP contribution in [0.5, 0.6) is 11.6 Å². The molecule has 49 heavy (non-hydrogen) atoms. The minimum atomic E-state index is -3.86. The topological polar surface area (TPSA) is 169 Å². The third-order valence-corrected chi connectivity index (χ3v) is 11.2. The summed E-state index contributed by atoms with van der Waals surface area (Å²) in [5.74, 6) is -0.719. The van der Waals surface area contributed by atoms with Gasteiger partial charge in [0.15, 0.2) is 0 Å². The molecule has 2 aliphatic carbocycles. The van der Waals surface area contributed by atoms with Crippen LogP contribution in [0.4, 0.5) is 5.82 Å². The Morgan fingerprint density at radius 1 is 1.10 bits per heavy atom. The Hall–Kier alpha value is -4.72. The molecule has 5 atom stereocenters. The number of nitrogens with one attached hydrogen (secondary N) is 3. The van der Waals surface area contributed by atoms with Gasteiger partial charge in [0.25, 0.3) is 5.91 Å². The highest BCUT2D eigenvalue weighted by Gasteiger charge is 2.62. The normalized spacial score (nSPS) is 24.1. The van der Waals surface area contributed by atoms with Crippen LogP contribution < -0.4 is 24.8 Å². The van der Waals surface area contributed by atoms with Gasteiger partial charge in [0.05, 0.1) is 18.9 Å². The van der Waals surface area contributed by atoms with Crippen LogP contribution in [-0.2, 0) is 24.4 Å². The predicted octanol–water partition coefficient (Wildman–Crippen LogP) is 3.18. The number of carbonyl (C=O) groups excluding carboxylic acids is 3. The summed E-state index contributed by atoms with van der Waals surface area (Å²) in [5.41, 5.74) is -2.10. The molecule has 2 aromatic heterocycles. The van der Waals surface area contributed by atoms with E-state index in [2.05, 4.69) is 31.9 Å². The van der Waals surface area contributed by atoms with Crippen molar-refractivity contribution in [2.24, 2.45) is 11.3 Å². The van der Waals surface area contributed by atoms with Crippen LogP contribution in [0.3, 0.4) is 0 Å². The molecule has 3 aromatic rings. The average molecular weight is 691 g/mol. The molecule has 2 saturated carbocycles. The van der Waals surface area contributed by atoms with Crippen molar-refractivity contribution in [2.45, 2.75) is 75.4 Å². The lowest BCUT2D eigenvalue weighted by molar-refractivity contribution is -0.141. The molecule has 3 heterocycles. The Bertz CT molecular complexity index is 1880. The van der Waals surface area contributed by atoms with Gasteiger partial charge in [0, 0.05) is 30.1 Å². The van der Waals surface area contributed by atoms with E-state index in [0.29, 0.717) is 30.3 Å². The fourth-order valence-electron chi connectivity index (χ4n) is 6.31. The molecule has 14 heteroatoms. The standard InChI is InChI=1S/C35H42N6O7S/c1-6-22-19-35(22,33(44)40-49(45,46)25-11-12-25)39-30(42)27-18-24(48-31-26-13-10-23(47-5)17-21(26)14-16-37-31)20-41(27)32(43)29(34(2,3)4)38-28-9-7-8-15-36-28/h6-10,13-17,22,24-25,27,29H,1,11-12,18-20H2,2-5H3,(H,36,38)(H,39,42)(H,40,44)/t22-,24-,27+,29-,35-/m1/s1. The molecule has 0 radical (unpaired) electrons. The maximum absolute atomic E-state index is 14.5. The molecular weight excluding hydrogens is 648 g/mol. The third kappa shape index (κ3) is 7.05. The van der Waals surface area contributed by atoms with Gasteiger partial charge in [-0.1, -0.05) is 32.9 Å². The van der Waals surface area contributed by atoms with Gasteiger partial charge < -0.3 is 25.0 Å². The number of anilines is 1. The van der Waals surface area contributed by atoms with Gasteiger partial charge in [0.1, 0.15) is 35.3 Å². The van der Waals surface area contributed by atoms with E-state index >= 15 is 0 Å². The number of sulfonamides is 1. The summed E-state index contributed by atoms with van der Waals surface area (Å²) >= 11 is 0. The maximum Gasteiger partial charge on any atom is 0.259 e. The summed E-state index contributed by atoms with van der Waals surface area (Å²) in [7, 11) is -2.28. The van der Waals surface area contributed by atoms with Crippen molar-refractivity contribution in [3.8, 4) is 11.6 Å². The van der Waals surface area contributed by atoms with Gasteiger partial charge in [0.2, 0.25) is 27.7 Å². The van der Waals surface area contributed by atoms with Gasteiger partial charge in [-0.25, -0.2) is 18.4 Å². The van der Waals surface area contributed by atoms with Crippen molar-refractivity contribution in [3.63, 3.8) is 0 Å². The first-order valence-electron chi connectivity index (χ1n) is 16.3. The summed E-state index contributed by atoms with van der Waals surface area (Å²) in [4.78, 5) is 52.4. The van der Waals surface area contributed by atoms with Gasteiger partial charge in [-0.2, -0.15) is 0 Å². The summed E-state index contributed by atoms with van der Waals surface area (Å²) in [5, 5.41) is 7.04. The van der Waals surface area contributed by atoms with Crippen molar-refractivity contribution < 1.29 is 32.3 Å². The molecule has 3 N–H and O–H groups in total. The summed E-state index contributed by atoms with van der Waals surface area (Å²) < 4.78 is 39.3. The van der Waals surface area contributed by atoms with Crippen LogP contribution in [0.1, 0.15) is 46.5 Å². The number of pyridine rings is 2. The molecule has 1 saturated heterocycles. The van der Waals surface area contributed by atoms with Crippen LogP contribution in [0.15, 0.2) is 67.5 Å². The average Bonchev–Trinajstić information content (AvgIpc) is 4.00. The molecule has 0 unspecified atom stereocenters. The van der Waals surface area contributed by atoms with E-state index in [1.54, 1.807) is 37.7 Å². The fraction of sp³-hybridized carbons (Fsp3) is 0.457. The monoisotopic (exact) mass is 690 g/mol. The predicted molar refractivity (Wildman–Crippen MR) is 183 cm³/mol. The lowest BCUT2D eigenvalue weighted by Gasteiger charge is -2.36. The van der Waals surface area contributed by atoms with E-state index in [4.69, 9.17) is 9.47 Å². The number of aromatic nitrogens is 2. The number of carbonyl (C=O) groups is 3. The van der Waals surface area contributed by atoms with E-state index in [0.717, 1.165) is 10.8 Å². The van der Waals surface area contributed by atoms with E-state index in [1.807, 2.05) is 45.0 Å². The first-order chi connectivity index (χ1) is 23.3. The van der Waals surface area contributed by atoms with Crippen LogP contribution in [0.25, 0.3) is 10.8 Å². The molecule has 260 valence electrons. The summed E-state index contributed by atoms with van der Waals surface area (Å²) in [6.07, 6.45) is 5.38. The molecule has 0 spiro atoms. The minimum Gasteiger partial charge on any atom is -0.497 e. The SMILES string of the molecule is C=C[C@@H]1C[C@]1(NC(=O)[C@@H]1C[C@@H](Oc2nccc3cc(OC)ccc23)CN1C(=O)[C@@H](Nc1ccccn1)C(C)(C)C)C(=O)NS(=O)(=O)C1CC1. The van der Waals surface area contributed by atoms with Crippen molar-refractivity contribution in [1.82, 2.24) is 24.9 Å². The van der Waals surface area contributed by atoms with Crippen molar-refractivity contribution in [1.29, 1.82) is 0 Å². The van der Waals surface area contributed by atoms with E-state index < -0.39 is 62.1 Å². The Kier molecular flexibility index (Phi) is 9.03. The zero-order valence-corrected chi connectivity index (χ0v) is 28.8. The molecule has 3 aliphatic rings. The van der Waals surface area contributed by atoms with Crippen molar-refractivity contribution in [2.75, 3.05) is 19.0 Å². The highest BCUT2D eigenvalue weighted by molar-refractivity contribution is 7.91. The van der Waals surface area contributed by atoms with E-state index in [1.165, 1.54) is 11.0 Å². The number of fused-ring (bicyclic) bond motifs is 1. The zero-order chi connectivity index (χ0) is 35.1. The van der Waals surface area contributed by atoms with Crippen LogP contribution >= 0.6 is 0 Å². The van der Waals surface area contributed by atoms with Crippen molar-refractivity contribution >= 4 is 44.3 Å². The van der Waals surface area contributed by atoms with Crippen LogP contribution in [-0.4, -0.2) is 83.6 Å². The number of likely N-dealkylation sites (tertiary alicyclic amines) is 1. The number of hydrogen-bond acceptors (Lipinski definition) is 10. The second-order valence-corrected chi connectivity index (χ2v) is 16.0. The second kappa shape index (κ2) is 13.0. The highest BCUT2D eigenvalue weighted by Crippen LogP contribution is 2.45. The zero-order valence-electron chi connectivity index (χ0n) is 28.0. The Labute approximate surface area is 285 Å². The molecule has 0 bridgehead atoms. The van der Waals surface area contributed by atoms with Gasteiger partial charge >= 0.3 is 0 Å². The fourth-order valence-corrected chi connectivity index (χ4v) is 7.68. The first-order valence-corrected chi connectivity index (χ1v) is 17.9. The van der Waals surface area contributed by atoms with Gasteiger partial charge in [-0.3, -0.25) is 19.1 Å². The third-order valence-electron chi connectivity index (χ3n) is 9.38. The number of amides is 3. The molecule has 1 aromatic carbocycles. The Balaban J connectivity index is 1.29. The second-order valence-electron chi connectivity index (χ2n) is 14.0.